The van der Waals surface area contributed by atoms with E-state index in [9.17, 15) is 5.02 Å². The fourth-order valence-electron chi connectivity index (χ4n) is 1.63. The molecule has 0 aliphatic carbocycles. The van der Waals surface area contributed by atoms with Crippen molar-refractivity contribution in [1.82, 2.24) is 0 Å². The lowest BCUT2D eigenvalue weighted by atomic mass is 9.79. The summed E-state index contributed by atoms with van der Waals surface area (Å²) in [6, 6.07) is 5.38. The number of hydrogen-bond donors (Lipinski definition) is 2. The summed E-state index contributed by atoms with van der Waals surface area (Å²) in [6.45, 7) is 1.90. The van der Waals surface area contributed by atoms with Gasteiger partial charge in [-0.05, 0) is 18.6 Å². The monoisotopic (exact) mass is 266 g/mol. The minimum Gasteiger partial charge on any atom is -0.489 e. The number of rotatable bonds is 3. The van der Waals surface area contributed by atoms with Crippen LogP contribution in [0.4, 0.5) is 0 Å². The quantitative estimate of drug-likeness (QED) is 0.762. The molecule has 0 unspecified atom stereocenters. The third kappa shape index (κ3) is 2.45. The van der Waals surface area contributed by atoms with E-state index in [1.807, 2.05) is 6.07 Å². The summed E-state index contributed by atoms with van der Waals surface area (Å²) in [5, 5.41) is 18.7. The maximum Gasteiger partial charge on any atom is 0.493 e. The van der Waals surface area contributed by atoms with Crippen LogP contribution in [0.3, 0.4) is 0 Å². The van der Waals surface area contributed by atoms with Gasteiger partial charge in [-0.1, -0.05) is 17.7 Å². The maximum atomic E-state index is 9.62. The Morgan fingerprint density at radius 2 is 2.44 bits per heavy atom. The first-order valence-electron chi connectivity index (χ1n) is 5.38. The molecule has 1 aliphatic heterocycles. The molecule has 7 heteroatoms. The Morgan fingerprint density at radius 1 is 1.72 bits per heavy atom. The van der Waals surface area contributed by atoms with E-state index in [2.05, 4.69) is 0 Å². The van der Waals surface area contributed by atoms with Crippen molar-refractivity contribution in [1.29, 1.82) is 5.26 Å². The fraction of sp³-hybridized carbons (Fsp3) is 0.364. The summed E-state index contributed by atoms with van der Waals surface area (Å²) in [6.07, 6.45) is 0. The van der Waals surface area contributed by atoms with Crippen molar-refractivity contribution in [2.75, 3.05) is 6.61 Å². The summed E-state index contributed by atoms with van der Waals surface area (Å²) in [5.74, 6) is 0.381. The van der Waals surface area contributed by atoms with Crippen LogP contribution in [0.15, 0.2) is 12.1 Å². The number of halogens is 1. The first kappa shape index (κ1) is 13.2. The Morgan fingerprint density at radius 3 is 3.11 bits per heavy atom. The molecule has 94 valence electrons. The minimum absolute atomic E-state index is 0.0129. The van der Waals surface area contributed by atoms with Crippen LogP contribution in [0.25, 0.3) is 0 Å². The molecule has 3 N–H and O–H groups in total. The molecule has 1 aliphatic rings. The zero-order valence-corrected chi connectivity index (χ0v) is 10.6. The predicted molar refractivity (Wildman–Crippen MR) is 67.5 cm³/mol. The van der Waals surface area contributed by atoms with Crippen molar-refractivity contribution in [2.24, 2.45) is 5.73 Å². The van der Waals surface area contributed by atoms with Crippen LogP contribution in [0.1, 0.15) is 12.5 Å². The first-order valence-corrected chi connectivity index (χ1v) is 5.76. The van der Waals surface area contributed by atoms with Gasteiger partial charge in [0.05, 0.1) is 17.7 Å². The molecule has 0 spiro atoms. The molecule has 1 atom stereocenters. The molecule has 0 bridgehead atoms. The van der Waals surface area contributed by atoms with E-state index in [1.165, 1.54) is 0 Å². The highest BCUT2D eigenvalue weighted by molar-refractivity contribution is 6.65. The van der Waals surface area contributed by atoms with Crippen molar-refractivity contribution in [3.05, 3.63) is 22.7 Å². The Balaban J connectivity index is 2.22. The van der Waals surface area contributed by atoms with Gasteiger partial charge in [-0.2, -0.15) is 5.26 Å². The fourth-order valence-corrected chi connectivity index (χ4v) is 1.96. The molecule has 0 aromatic heterocycles. The predicted octanol–water partition coefficient (Wildman–Crippen LogP) is 0.177. The third-order valence-electron chi connectivity index (χ3n) is 2.66. The molecule has 0 saturated heterocycles. The second kappa shape index (κ2) is 4.79. The SMILES string of the molecule is C[C@](N)(C#N)COc1ccc2c(c1Cl)B(O)OC2. The van der Waals surface area contributed by atoms with Crippen molar-refractivity contribution in [3.8, 4) is 11.8 Å². The molecular weight excluding hydrogens is 254 g/mol. The normalized spacial score (nSPS) is 16.9. The van der Waals surface area contributed by atoms with Crippen molar-refractivity contribution in [3.63, 3.8) is 0 Å². The molecule has 0 fully saturated rings. The average molecular weight is 266 g/mol. The molecule has 1 heterocycles. The van der Waals surface area contributed by atoms with Crippen molar-refractivity contribution in [2.45, 2.75) is 19.1 Å². The molecule has 5 nitrogen and oxygen atoms in total. The van der Waals surface area contributed by atoms with Crippen LogP contribution in [0.2, 0.25) is 5.02 Å². The lowest BCUT2D eigenvalue weighted by molar-refractivity contribution is 0.265. The summed E-state index contributed by atoms with van der Waals surface area (Å²) in [4.78, 5) is 0. The van der Waals surface area contributed by atoms with Crippen LogP contribution in [0, 0.1) is 11.3 Å². The van der Waals surface area contributed by atoms with Gasteiger partial charge in [0.1, 0.15) is 17.9 Å². The number of benzene rings is 1. The van der Waals surface area contributed by atoms with Gasteiger partial charge < -0.3 is 20.1 Å². The van der Waals surface area contributed by atoms with Gasteiger partial charge in [-0.3, -0.25) is 0 Å². The van der Waals surface area contributed by atoms with Crippen molar-refractivity contribution >= 4 is 24.2 Å². The van der Waals surface area contributed by atoms with Gasteiger partial charge in [-0.25, -0.2) is 0 Å². The van der Waals surface area contributed by atoms with Crippen LogP contribution >= 0.6 is 11.6 Å². The van der Waals surface area contributed by atoms with Gasteiger partial charge in [-0.15, -0.1) is 0 Å². The van der Waals surface area contributed by atoms with E-state index >= 15 is 0 Å². The Bertz CT molecular complexity index is 516. The highest BCUT2D eigenvalue weighted by Crippen LogP contribution is 2.27. The minimum atomic E-state index is -1.09. The standard InChI is InChI=1S/C11H12BClN2O3/c1-11(15,5-14)6-17-8-3-2-7-4-18-12(16)9(7)10(8)13/h2-3,16H,4,6,15H2,1H3/t11-/m0/s1. The molecule has 1 aromatic rings. The lowest BCUT2D eigenvalue weighted by Crippen LogP contribution is -2.41. The number of nitriles is 1. The largest absolute Gasteiger partial charge is 0.493 e. The number of hydrogen-bond acceptors (Lipinski definition) is 5. The van der Waals surface area contributed by atoms with Gasteiger partial charge in [0, 0.05) is 5.46 Å². The Kier molecular flexibility index (Phi) is 3.50. The van der Waals surface area contributed by atoms with Crippen LogP contribution in [-0.4, -0.2) is 24.3 Å². The van der Waals surface area contributed by atoms with E-state index in [-0.39, 0.29) is 6.61 Å². The summed E-state index contributed by atoms with van der Waals surface area (Å²) >= 11 is 6.13. The van der Waals surface area contributed by atoms with Gasteiger partial charge >= 0.3 is 7.12 Å². The summed E-state index contributed by atoms with van der Waals surface area (Å²) in [5.41, 5.74) is 5.91. The van der Waals surface area contributed by atoms with E-state index in [4.69, 9.17) is 32.0 Å². The maximum absolute atomic E-state index is 9.62. The van der Waals surface area contributed by atoms with Gasteiger partial charge in [0.2, 0.25) is 0 Å². The number of ether oxygens (including phenoxy) is 1. The number of nitrogens with zero attached hydrogens (tertiary/aromatic N) is 1. The highest BCUT2D eigenvalue weighted by Gasteiger charge is 2.32. The summed E-state index contributed by atoms with van der Waals surface area (Å²) < 4.78 is 10.5. The molecule has 0 saturated carbocycles. The highest BCUT2D eigenvalue weighted by atomic mass is 35.5. The van der Waals surface area contributed by atoms with E-state index in [0.717, 1.165) is 5.56 Å². The zero-order chi connectivity index (χ0) is 13.3. The Hall–Kier alpha value is -1.26. The van der Waals surface area contributed by atoms with Gasteiger partial charge in [0.25, 0.3) is 0 Å². The number of nitrogens with two attached hydrogens (primary N) is 1. The second-order valence-corrected chi connectivity index (χ2v) is 4.81. The zero-order valence-electron chi connectivity index (χ0n) is 9.81. The molecule has 0 amide bonds. The first-order chi connectivity index (χ1) is 8.44. The second-order valence-electron chi connectivity index (χ2n) is 4.43. The van der Waals surface area contributed by atoms with E-state index in [1.54, 1.807) is 19.1 Å². The molecule has 0 radical (unpaired) electrons. The molecule has 2 rings (SSSR count). The topological polar surface area (TPSA) is 88.5 Å². The smallest absolute Gasteiger partial charge is 0.489 e. The average Bonchev–Trinajstić information content (AvgIpc) is 2.71. The van der Waals surface area contributed by atoms with E-state index < -0.39 is 12.7 Å². The van der Waals surface area contributed by atoms with Crippen molar-refractivity contribution < 1.29 is 14.4 Å². The molecule has 18 heavy (non-hydrogen) atoms. The molecular formula is C11H12BClN2O3. The lowest BCUT2D eigenvalue weighted by Gasteiger charge is -2.17. The van der Waals surface area contributed by atoms with Crippen LogP contribution in [0.5, 0.6) is 5.75 Å². The Labute approximate surface area is 110 Å². The molecule has 1 aromatic carbocycles. The third-order valence-corrected chi connectivity index (χ3v) is 3.05. The van der Waals surface area contributed by atoms with Crippen LogP contribution in [-0.2, 0) is 11.3 Å². The van der Waals surface area contributed by atoms with E-state index in [0.29, 0.717) is 22.8 Å². The summed E-state index contributed by atoms with van der Waals surface area (Å²) in [7, 11) is -1.03. The number of fused-ring (bicyclic) bond motifs is 1. The van der Waals surface area contributed by atoms with Crippen LogP contribution < -0.4 is 15.9 Å². The van der Waals surface area contributed by atoms with Gasteiger partial charge in [0.15, 0.2) is 0 Å².